The summed E-state index contributed by atoms with van der Waals surface area (Å²) < 4.78 is 40.4. The number of hydrogen-bond donors (Lipinski definition) is 3. The summed E-state index contributed by atoms with van der Waals surface area (Å²) in [5.74, 6) is -1.43. The Morgan fingerprint density at radius 2 is 1.73 bits per heavy atom. The van der Waals surface area contributed by atoms with Crippen molar-refractivity contribution in [2.24, 2.45) is 0 Å². The van der Waals surface area contributed by atoms with E-state index in [1.165, 1.54) is 7.11 Å². The first-order valence-electron chi connectivity index (χ1n) is 10.2. The van der Waals surface area contributed by atoms with Crippen LogP contribution in [-0.4, -0.2) is 111 Å². The summed E-state index contributed by atoms with van der Waals surface area (Å²) in [5, 5.41) is 31.2. The SMILES string of the molecule is CO[C@H]1O[C@H]([C@H](O)C[Se][C@@H]2[C@H]3OC(C)(C)O[C@H]3O[C@@H]2[C@H]2COC(C)(C)O2)[C@H](O)[C@H]1O. The molecule has 4 rings (SSSR count). The molecule has 0 saturated carbocycles. The predicted molar refractivity (Wildman–Crippen MR) is 102 cm³/mol. The summed E-state index contributed by atoms with van der Waals surface area (Å²) in [6.07, 6.45) is -6.63. The van der Waals surface area contributed by atoms with Crippen LogP contribution in [0.5, 0.6) is 0 Å². The van der Waals surface area contributed by atoms with Crippen LogP contribution in [0.4, 0.5) is 0 Å². The fourth-order valence-electron chi connectivity index (χ4n) is 4.36. The summed E-state index contributed by atoms with van der Waals surface area (Å²) in [7, 11) is 1.38. The normalized spacial score (nSPS) is 48.2. The molecule has 10 nitrogen and oxygen atoms in total. The molecule has 4 heterocycles. The van der Waals surface area contributed by atoms with Crippen LogP contribution in [0.3, 0.4) is 0 Å². The van der Waals surface area contributed by atoms with E-state index in [2.05, 4.69) is 0 Å². The quantitative estimate of drug-likeness (QED) is 0.407. The average molecular weight is 499 g/mol. The van der Waals surface area contributed by atoms with Gasteiger partial charge in [-0.05, 0) is 0 Å². The van der Waals surface area contributed by atoms with Crippen LogP contribution in [0, 0.1) is 0 Å². The average Bonchev–Trinajstić information content (AvgIpc) is 3.35. The van der Waals surface area contributed by atoms with E-state index in [9.17, 15) is 15.3 Å². The molecule has 0 aromatic carbocycles. The minimum absolute atomic E-state index is 0.0527. The van der Waals surface area contributed by atoms with Gasteiger partial charge in [-0.25, -0.2) is 0 Å². The van der Waals surface area contributed by atoms with E-state index in [0.29, 0.717) is 11.9 Å². The van der Waals surface area contributed by atoms with Crippen LogP contribution in [0.1, 0.15) is 27.7 Å². The van der Waals surface area contributed by atoms with Crippen LogP contribution in [0.15, 0.2) is 0 Å². The fourth-order valence-corrected chi connectivity index (χ4v) is 7.32. The third-order valence-corrected chi connectivity index (χ3v) is 8.80. The first kappa shape index (κ1) is 23.3. The second-order valence-corrected chi connectivity index (χ2v) is 11.5. The van der Waals surface area contributed by atoms with E-state index >= 15 is 0 Å². The molecule has 0 bridgehead atoms. The Morgan fingerprint density at radius 3 is 2.33 bits per heavy atom. The van der Waals surface area contributed by atoms with Gasteiger partial charge in [-0.3, -0.25) is 0 Å². The molecule has 0 radical (unpaired) electrons. The summed E-state index contributed by atoms with van der Waals surface area (Å²) >= 11 is -0.164. The summed E-state index contributed by atoms with van der Waals surface area (Å²) in [6, 6.07) is 0. The van der Waals surface area contributed by atoms with Crippen LogP contribution in [0.2, 0.25) is 10.1 Å². The standard InChI is InChI=1S/C19H32O10Se/c1-18(2)24-6-9(27-18)13-15(14-17(26-13)29-19(3,4)28-14)30-7-8(20)12-10(21)11(22)16(23-5)25-12/h8-17,20-22H,6-7H2,1-5H3/t8-,9-,10-,11-,12-,13-,14-,15+,16+,17-/m1/s1. The Hall–Kier alpha value is 0.119. The van der Waals surface area contributed by atoms with Gasteiger partial charge in [0.15, 0.2) is 0 Å². The summed E-state index contributed by atoms with van der Waals surface area (Å²) in [5.41, 5.74) is 0. The fraction of sp³-hybridized carbons (Fsp3) is 1.00. The van der Waals surface area contributed by atoms with Gasteiger partial charge in [-0.2, -0.15) is 0 Å². The Bertz CT molecular complexity index is 618. The van der Waals surface area contributed by atoms with Crippen molar-refractivity contribution in [2.45, 2.75) is 105 Å². The Kier molecular flexibility index (Phi) is 6.58. The van der Waals surface area contributed by atoms with Gasteiger partial charge in [0.1, 0.15) is 0 Å². The monoisotopic (exact) mass is 500 g/mol. The Morgan fingerprint density at radius 1 is 1.00 bits per heavy atom. The topological polar surface area (TPSA) is 125 Å². The zero-order valence-electron chi connectivity index (χ0n) is 17.8. The van der Waals surface area contributed by atoms with Crippen molar-refractivity contribution in [3.8, 4) is 0 Å². The van der Waals surface area contributed by atoms with Gasteiger partial charge >= 0.3 is 182 Å². The van der Waals surface area contributed by atoms with Crippen LogP contribution in [-0.2, 0) is 33.2 Å². The molecule has 0 aliphatic carbocycles. The number of aliphatic hydroxyl groups excluding tert-OH is 3. The molecule has 11 heteroatoms. The van der Waals surface area contributed by atoms with Gasteiger partial charge in [0.25, 0.3) is 0 Å². The first-order chi connectivity index (χ1) is 14.0. The Balaban J connectivity index is 1.43. The number of aliphatic hydroxyl groups is 3. The van der Waals surface area contributed by atoms with E-state index in [0.717, 1.165) is 0 Å². The van der Waals surface area contributed by atoms with Gasteiger partial charge in [0.05, 0.1) is 0 Å². The molecule has 0 unspecified atom stereocenters. The van der Waals surface area contributed by atoms with Gasteiger partial charge in [0, 0.05) is 0 Å². The third kappa shape index (κ3) is 4.46. The van der Waals surface area contributed by atoms with Gasteiger partial charge < -0.3 is 0 Å². The van der Waals surface area contributed by atoms with Gasteiger partial charge in [0.2, 0.25) is 0 Å². The summed E-state index contributed by atoms with van der Waals surface area (Å²) in [4.78, 5) is -0.0527. The molecule has 0 aromatic rings. The molecule has 3 N–H and O–H groups in total. The van der Waals surface area contributed by atoms with Crippen LogP contribution < -0.4 is 0 Å². The van der Waals surface area contributed by atoms with Crippen molar-refractivity contribution in [1.29, 1.82) is 0 Å². The molecule has 0 aromatic heterocycles. The third-order valence-electron chi connectivity index (χ3n) is 5.75. The van der Waals surface area contributed by atoms with E-state index in [4.69, 9.17) is 33.2 Å². The molecule has 0 spiro atoms. The van der Waals surface area contributed by atoms with E-state index in [-0.39, 0.29) is 38.1 Å². The van der Waals surface area contributed by atoms with Crippen molar-refractivity contribution >= 4 is 15.0 Å². The molecule has 4 aliphatic rings. The minimum atomic E-state index is -1.22. The van der Waals surface area contributed by atoms with Gasteiger partial charge in [-0.15, -0.1) is 0 Å². The predicted octanol–water partition coefficient (Wildman–Crippen LogP) is -0.621. The molecule has 174 valence electrons. The van der Waals surface area contributed by atoms with E-state index in [1.54, 1.807) is 0 Å². The molecule has 30 heavy (non-hydrogen) atoms. The maximum absolute atomic E-state index is 10.7. The van der Waals surface area contributed by atoms with Crippen LogP contribution in [0.25, 0.3) is 0 Å². The first-order valence-corrected chi connectivity index (χ1v) is 12.4. The van der Waals surface area contributed by atoms with Crippen molar-refractivity contribution < 1.29 is 48.5 Å². The number of hydrogen-bond acceptors (Lipinski definition) is 10. The number of methoxy groups -OCH3 is 1. The number of rotatable bonds is 6. The number of fused-ring (bicyclic) bond motifs is 1. The molecular formula is C19H32O10Se. The second kappa shape index (κ2) is 8.48. The van der Waals surface area contributed by atoms with E-state index < -0.39 is 48.6 Å². The Labute approximate surface area is 182 Å². The molecule has 10 atom stereocenters. The van der Waals surface area contributed by atoms with Crippen molar-refractivity contribution in [3.05, 3.63) is 0 Å². The van der Waals surface area contributed by atoms with E-state index in [1.807, 2.05) is 27.7 Å². The molecule has 4 aliphatic heterocycles. The van der Waals surface area contributed by atoms with Crippen LogP contribution >= 0.6 is 0 Å². The molecule has 4 fully saturated rings. The zero-order chi connectivity index (χ0) is 21.8. The zero-order valence-corrected chi connectivity index (χ0v) is 19.5. The number of ether oxygens (including phenoxy) is 7. The summed E-state index contributed by atoms with van der Waals surface area (Å²) in [6.45, 7) is 7.81. The molecular weight excluding hydrogens is 467 g/mol. The van der Waals surface area contributed by atoms with Crippen molar-refractivity contribution in [2.75, 3.05) is 13.7 Å². The van der Waals surface area contributed by atoms with Gasteiger partial charge in [-0.1, -0.05) is 0 Å². The maximum atomic E-state index is 10.7. The molecule has 4 saturated heterocycles. The van der Waals surface area contributed by atoms with Crippen molar-refractivity contribution in [1.82, 2.24) is 0 Å². The van der Waals surface area contributed by atoms with Crippen molar-refractivity contribution in [3.63, 3.8) is 0 Å². The molecule has 0 amide bonds. The second-order valence-electron chi connectivity index (χ2n) is 8.99.